The summed E-state index contributed by atoms with van der Waals surface area (Å²) in [6.45, 7) is 1.30. The molecule has 1 aliphatic heterocycles. The van der Waals surface area contributed by atoms with Gasteiger partial charge in [-0.05, 0) is 12.5 Å². The van der Waals surface area contributed by atoms with E-state index >= 15 is 0 Å². The van der Waals surface area contributed by atoms with E-state index in [9.17, 15) is 5.11 Å². The molecule has 4 nitrogen and oxygen atoms in total. The Kier molecular flexibility index (Phi) is 4.36. The molecule has 0 amide bonds. The first kappa shape index (κ1) is 12.4. The van der Waals surface area contributed by atoms with Gasteiger partial charge < -0.3 is 19.3 Å². The van der Waals surface area contributed by atoms with Crippen LogP contribution in [-0.2, 0) is 9.47 Å². The van der Waals surface area contributed by atoms with Gasteiger partial charge in [0.2, 0.25) is 0 Å². The molecule has 0 saturated carbocycles. The fourth-order valence-corrected chi connectivity index (χ4v) is 1.97. The average molecular weight is 238 g/mol. The normalized spacial score (nSPS) is 18.2. The van der Waals surface area contributed by atoms with Gasteiger partial charge in [0.15, 0.2) is 6.29 Å². The molecule has 1 saturated heterocycles. The number of aliphatic hydroxyl groups is 1. The third kappa shape index (κ3) is 3.19. The van der Waals surface area contributed by atoms with Crippen LogP contribution in [-0.4, -0.2) is 31.7 Å². The van der Waals surface area contributed by atoms with E-state index in [1.807, 2.05) is 24.3 Å². The lowest BCUT2D eigenvalue weighted by atomic mass is 10.0. The molecule has 1 unspecified atom stereocenters. The van der Waals surface area contributed by atoms with E-state index in [0.717, 1.165) is 5.56 Å². The second-order valence-corrected chi connectivity index (χ2v) is 4.01. The van der Waals surface area contributed by atoms with Gasteiger partial charge in [-0.3, -0.25) is 0 Å². The summed E-state index contributed by atoms with van der Waals surface area (Å²) in [5, 5.41) is 10.1. The number of methoxy groups -OCH3 is 1. The van der Waals surface area contributed by atoms with Crippen molar-refractivity contribution in [2.45, 2.75) is 25.2 Å². The number of hydrogen-bond acceptors (Lipinski definition) is 4. The first-order chi connectivity index (χ1) is 8.31. The van der Waals surface area contributed by atoms with Crippen molar-refractivity contribution in [3.63, 3.8) is 0 Å². The Hall–Kier alpha value is -1.10. The van der Waals surface area contributed by atoms with E-state index < -0.39 is 6.10 Å². The average Bonchev–Trinajstić information content (AvgIpc) is 2.89. The highest BCUT2D eigenvalue weighted by Crippen LogP contribution is 2.28. The van der Waals surface area contributed by atoms with Gasteiger partial charge in [0.05, 0.1) is 26.4 Å². The lowest BCUT2D eigenvalue weighted by molar-refractivity contribution is -0.0542. The van der Waals surface area contributed by atoms with Gasteiger partial charge in [-0.1, -0.05) is 18.2 Å². The maximum Gasteiger partial charge on any atom is 0.157 e. The Labute approximate surface area is 101 Å². The topological polar surface area (TPSA) is 47.9 Å². The second kappa shape index (κ2) is 6.00. The number of para-hydroxylation sites is 1. The monoisotopic (exact) mass is 238 g/mol. The van der Waals surface area contributed by atoms with Crippen LogP contribution in [0.15, 0.2) is 24.3 Å². The highest BCUT2D eigenvalue weighted by molar-refractivity contribution is 5.34. The number of aliphatic hydroxyl groups excluding tert-OH is 1. The molecule has 0 radical (unpaired) electrons. The lowest BCUT2D eigenvalue weighted by Gasteiger charge is -2.16. The molecule has 94 valence electrons. The van der Waals surface area contributed by atoms with Crippen LogP contribution in [0.3, 0.4) is 0 Å². The first-order valence-corrected chi connectivity index (χ1v) is 5.85. The quantitative estimate of drug-likeness (QED) is 0.851. The highest BCUT2D eigenvalue weighted by atomic mass is 16.7. The molecule has 1 heterocycles. The smallest absolute Gasteiger partial charge is 0.157 e. The Balaban J connectivity index is 1.91. The Morgan fingerprint density at radius 1 is 1.35 bits per heavy atom. The number of ether oxygens (including phenoxy) is 3. The minimum atomic E-state index is -0.543. The maximum atomic E-state index is 10.1. The van der Waals surface area contributed by atoms with Gasteiger partial charge >= 0.3 is 0 Å². The molecule has 0 aliphatic carbocycles. The number of hydrogen-bond donors (Lipinski definition) is 1. The van der Waals surface area contributed by atoms with Crippen molar-refractivity contribution in [2.24, 2.45) is 0 Å². The van der Waals surface area contributed by atoms with E-state index in [4.69, 9.17) is 14.2 Å². The van der Waals surface area contributed by atoms with E-state index in [2.05, 4.69) is 0 Å². The molecule has 0 aromatic heterocycles. The molecule has 1 aliphatic rings. The Morgan fingerprint density at radius 2 is 2.06 bits per heavy atom. The van der Waals surface area contributed by atoms with E-state index in [0.29, 0.717) is 31.8 Å². The summed E-state index contributed by atoms with van der Waals surface area (Å²) >= 11 is 0. The van der Waals surface area contributed by atoms with Crippen molar-refractivity contribution in [3.05, 3.63) is 29.8 Å². The lowest BCUT2D eigenvalue weighted by Crippen LogP contribution is -2.10. The Morgan fingerprint density at radius 3 is 2.76 bits per heavy atom. The van der Waals surface area contributed by atoms with Crippen LogP contribution in [0.25, 0.3) is 0 Å². The number of benzene rings is 1. The predicted molar refractivity (Wildman–Crippen MR) is 62.9 cm³/mol. The zero-order chi connectivity index (χ0) is 12.1. The van der Waals surface area contributed by atoms with Gasteiger partial charge in [-0.25, -0.2) is 0 Å². The van der Waals surface area contributed by atoms with Crippen LogP contribution in [0, 0.1) is 0 Å². The third-order valence-corrected chi connectivity index (χ3v) is 2.86. The SMILES string of the molecule is COc1ccccc1C(O)CCC1OCCO1. The third-order valence-electron chi connectivity index (χ3n) is 2.86. The van der Waals surface area contributed by atoms with Crippen molar-refractivity contribution in [1.82, 2.24) is 0 Å². The molecule has 1 N–H and O–H groups in total. The Bertz CT molecular complexity index is 347. The van der Waals surface area contributed by atoms with Gasteiger partial charge in [0.25, 0.3) is 0 Å². The first-order valence-electron chi connectivity index (χ1n) is 5.85. The van der Waals surface area contributed by atoms with Gasteiger partial charge in [-0.15, -0.1) is 0 Å². The van der Waals surface area contributed by atoms with Gasteiger partial charge in [0.1, 0.15) is 5.75 Å². The summed E-state index contributed by atoms with van der Waals surface area (Å²) in [6, 6.07) is 7.50. The molecule has 0 bridgehead atoms. The van der Waals surface area contributed by atoms with E-state index in [-0.39, 0.29) is 6.29 Å². The summed E-state index contributed by atoms with van der Waals surface area (Å²) < 4.78 is 15.9. The van der Waals surface area contributed by atoms with Crippen LogP contribution in [0.1, 0.15) is 24.5 Å². The molecule has 1 aromatic rings. The van der Waals surface area contributed by atoms with E-state index in [1.165, 1.54) is 0 Å². The van der Waals surface area contributed by atoms with Crippen molar-refractivity contribution < 1.29 is 19.3 Å². The summed E-state index contributed by atoms with van der Waals surface area (Å²) in [5.74, 6) is 0.716. The van der Waals surface area contributed by atoms with Crippen LogP contribution >= 0.6 is 0 Å². The van der Waals surface area contributed by atoms with Crippen molar-refractivity contribution in [2.75, 3.05) is 20.3 Å². The zero-order valence-corrected chi connectivity index (χ0v) is 9.96. The van der Waals surface area contributed by atoms with Crippen LogP contribution < -0.4 is 4.74 Å². The van der Waals surface area contributed by atoms with Crippen molar-refractivity contribution in [3.8, 4) is 5.75 Å². The molecular weight excluding hydrogens is 220 g/mol. The largest absolute Gasteiger partial charge is 0.496 e. The van der Waals surface area contributed by atoms with E-state index in [1.54, 1.807) is 7.11 Å². The van der Waals surface area contributed by atoms with Crippen LogP contribution in [0.4, 0.5) is 0 Å². The maximum absolute atomic E-state index is 10.1. The van der Waals surface area contributed by atoms with Crippen molar-refractivity contribution in [1.29, 1.82) is 0 Å². The minimum absolute atomic E-state index is 0.167. The second-order valence-electron chi connectivity index (χ2n) is 4.01. The highest BCUT2D eigenvalue weighted by Gasteiger charge is 2.19. The summed E-state index contributed by atoms with van der Waals surface area (Å²) in [7, 11) is 1.61. The summed E-state index contributed by atoms with van der Waals surface area (Å²) in [5.41, 5.74) is 0.813. The van der Waals surface area contributed by atoms with Crippen LogP contribution in [0.5, 0.6) is 5.75 Å². The molecule has 1 aromatic carbocycles. The fraction of sp³-hybridized carbons (Fsp3) is 0.538. The molecule has 0 spiro atoms. The van der Waals surface area contributed by atoms with Gasteiger partial charge in [0, 0.05) is 12.0 Å². The van der Waals surface area contributed by atoms with Gasteiger partial charge in [-0.2, -0.15) is 0 Å². The fourth-order valence-electron chi connectivity index (χ4n) is 1.97. The molecule has 2 rings (SSSR count). The molecule has 17 heavy (non-hydrogen) atoms. The summed E-state index contributed by atoms with van der Waals surface area (Å²) in [6.07, 6.45) is 0.586. The number of rotatable bonds is 5. The predicted octanol–water partition coefficient (Wildman–Crippen LogP) is 1.88. The van der Waals surface area contributed by atoms with Crippen molar-refractivity contribution >= 4 is 0 Å². The van der Waals surface area contributed by atoms with Crippen LogP contribution in [0.2, 0.25) is 0 Å². The summed E-state index contributed by atoms with van der Waals surface area (Å²) in [4.78, 5) is 0. The zero-order valence-electron chi connectivity index (χ0n) is 9.96. The molecule has 1 fully saturated rings. The molecular formula is C13H18O4. The standard InChI is InChI=1S/C13H18O4/c1-15-12-5-3-2-4-10(12)11(14)6-7-13-16-8-9-17-13/h2-5,11,13-14H,6-9H2,1H3. The minimum Gasteiger partial charge on any atom is -0.496 e. The molecule has 4 heteroatoms. The molecule has 1 atom stereocenters.